The molecule has 1 saturated heterocycles. The molecule has 0 aromatic heterocycles. The number of ether oxygens (including phenoxy) is 1. The summed E-state index contributed by atoms with van der Waals surface area (Å²) in [5.74, 6) is 0.673. The first-order valence-electron chi connectivity index (χ1n) is 10.2. The first-order valence-corrected chi connectivity index (χ1v) is 10.6. The summed E-state index contributed by atoms with van der Waals surface area (Å²) in [4.78, 5) is 4.74. The number of nitrogens with zero attached hydrogens (tertiary/aromatic N) is 2. The standard InChI is InChI=1S/C25H26ClFN2O/c1-30-24-14-7-4-11-21(24)25-28(17-19-9-2-5-12-22(19)26)15-8-16-29(25)18-20-10-3-6-13-23(20)27/h2-7,9-14,25H,8,15-18H2,1H3/t25-/m0/s1. The van der Waals surface area contributed by atoms with Gasteiger partial charge in [0, 0.05) is 42.3 Å². The van der Waals surface area contributed by atoms with Gasteiger partial charge < -0.3 is 4.74 Å². The maximum Gasteiger partial charge on any atom is 0.127 e. The minimum Gasteiger partial charge on any atom is -0.496 e. The van der Waals surface area contributed by atoms with Crippen LogP contribution in [0.2, 0.25) is 5.02 Å². The Balaban J connectivity index is 1.71. The fourth-order valence-electron chi connectivity index (χ4n) is 4.25. The second-order valence-electron chi connectivity index (χ2n) is 7.59. The molecule has 1 aliphatic heterocycles. The van der Waals surface area contributed by atoms with Crippen LogP contribution in [-0.4, -0.2) is 30.0 Å². The monoisotopic (exact) mass is 424 g/mol. The number of hydrogen-bond donors (Lipinski definition) is 0. The van der Waals surface area contributed by atoms with Crippen molar-refractivity contribution in [1.29, 1.82) is 0 Å². The molecule has 1 aliphatic rings. The summed E-state index contributed by atoms with van der Waals surface area (Å²) in [5, 5.41) is 0.766. The van der Waals surface area contributed by atoms with Crippen molar-refractivity contribution >= 4 is 11.6 Å². The maximum absolute atomic E-state index is 14.4. The molecular formula is C25H26ClFN2O. The summed E-state index contributed by atoms with van der Waals surface area (Å²) in [7, 11) is 1.70. The van der Waals surface area contributed by atoms with Crippen molar-refractivity contribution in [3.05, 3.63) is 100 Å². The Morgan fingerprint density at radius 3 is 2.17 bits per heavy atom. The second kappa shape index (κ2) is 9.61. The van der Waals surface area contributed by atoms with Crippen LogP contribution in [0, 0.1) is 5.82 Å². The number of benzene rings is 3. The van der Waals surface area contributed by atoms with Gasteiger partial charge in [0.15, 0.2) is 0 Å². The Labute approximate surface area is 182 Å². The number of rotatable bonds is 6. The highest BCUT2D eigenvalue weighted by Gasteiger charge is 2.33. The van der Waals surface area contributed by atoms with E-state index in [0.29, 0.717) is 12.1 Å². The van der Waals surface area contributed by atoms with Crippen LogP contribution in [0.1, 0.15) is 29.3 Å². The van der Waals surface area contributed by atoms with Gasteiger partial charge in [0.1, 0.15) is 11.6 Å². The average Bonchev–Trinajstić information content (AvgIpc) is 2.77. The number of methoxy groups -OCH3 is 1. The largest absolute Gasteiger partial charge is 0.496 e. The highest BCUT2D eigenvalue weighted by atomic mass is 35.5. The summed E-state index contributed by atoms with van der Waals surface area (Å²) >= 11 is 6.47. The van der Waals surface area contributed by atoms with Gasteiger partial charge in [0.05, 0.1) is 13.3 Å². The van der Waals surface area contributed by atoms with Crippen LogP contribution in [0.15, 0.2) is 72.8 Å². The lowest BCUT2D eigenvalue weighted by molar-refractivity contribution is -0.0109. The first-order chi connectivity index (χ1) is 14.7. The quantitative estimate of drug-likeness (QED) is 0.490. The van der Waals surface area contributed by atoms with Crippen molar-refractivity contribution in [3.8, 4) is 5.75 Å². The van der Waals surface area contributed by atoms with E-state index in [2.05, 4.69) is 21.9 Å². The number of halogens is 2. The van der Waals surface area contributed by atoms with Gasteiger partial charge in [0.2, 0.25) is 0 Å². The van der Waals surface area contributed by atoms with Gasteiger partial charge in [-0.1, -0.05) is 66.2 Å². The van der Waals surface area contributed by atoms with E-state index < -0.39 is 0 Å². The molecule has 4 rings (SSSR count). The van der Waals surface area contributed by atoms with Crippen molar-refractivity contribution < 1.29 is 9.13 Å². The molecule has 156 valence electrons. The third kappa shape index (κ3) is 4.51. The lowest BCUT2D eigenvalue weighted by Crippen LogP contribution is -2.47. The molecule has 30 heavy (non-hydrogen) atoms. The predicted molar refractivity (Wildman–Crippen MR) is 119 cm³/mol. The normalized spacial score (nSPS) is 17.8. The van der Waals surface area contributed by atoms with Gasteiger partial charge in [-0.3, -0.25) is 9.80 Å². The molecule has 0 amide bonds. The van der Waals surface area contributed by atoms with Gasteiger partial charge >= 0.3 is 0 Å². The summed E-state index contributed by atoms with van der Waals surface area (Å²) in [6, 6.07) is 23.1. The molecule has 0 spiro atoms. The van der Waals surface area contributed by atoms with E-state index >= 15 is 0 Å². The number of para-hydroxylation sites is 1. The highest BCUT2D eigenvalue weighted by Crippen LogP contribution is 2.37. The Morgan fingerprint density at radius 1 is 0.867 bits per heavy atom. The van der Waals surface area contributed by atoms with Gasteiger partial charge in [0.25, 0.3) is 0 Å². The maximum atomic E-state index is 14.4. The molecule has 0 bridgehead atoms. The van der Waals surface area contributed by atoms with Crippen molar-refractivity contribution in [3.63, 3.8) is 0 Å². The molecule has 1 heterocycles. The van der Waals surface area contributed by atoms with Crippen LogP contribution >= 0.6 is 11.6 Å². The molecule has 0 radical (unpaired) electrons. The van der Waals surface area contributed by atoms with Gasteiger partial charge in [-0.05, 0) is 30.2 Å². The molecule has 1 atom stereocenters. The first kappa shape index (κ1) is 20.9. The van der Waals surface area contributed by atoms with E-state index in [1.807, 2.05) is 48.5 Å². The molecule has 3 aromatic carbocycles. The zero-order valence-corrected chi connectivity index (χ0v) is 17.9. The molecule has 1 fully saturated rings. The Hall–Kier alpha value is -2.40. The summed E-state index contributed by atoms with van der Waals surface area (Å²) in [6.45, 7) is 3.07. The zero-order valence-electron chi connectivity index (χ0n) is 17.1. The molecule has 0 saturated carbocycles. The Morgan fingerprint density at radius 2 is 1.47 bits per heavy atom. The Bertz CT molecular complexity index is 941. The minimum absolute atomic E-state index is 0.0363. The fraction of sp³-hybridized carbons (Fsp3) is 0.280. The van der Waals surface area contributed by atoms with Crippen LogP contribution in [0.5, 0.6) is 5.75 Å². The van der Waals surface area contributed by atoms with Gasteiger partial charge in [-0.2, -0.15) is 0 Å². The lowest BCUT2D eigenvalue weighted by atomic mass is 10.0. The molecule has 3 aromatic rings. The van der Waals surface area contributed by atoms with Crippen molar-refractivity contribution in [2.75, 3.05) is 20.2 Å². The van der Waals surface area contributed by atoms with Gasteiger partial charge in [-0.25, -0.2) is 4.39 Å². The minimum atomic E-state index is -0.167. The summed E-state index contributed by atoms with van der Waals surface area (Å²) < 4.78 is 20.1. The number of hydrogen-bond acceptors (Lipinski definition) is 3. The predicted octanol–water partition coefficient (Wildman–Crippen LogP) is 5.89. The summed E-state index contributed by atoms with van der Waals surface area (Å²) in [5.41, 5.74) is 2.88. The van der Waals surface area contributed by atoms with Gasteiger partial charge in [-0.15, -0.1) is 0 Å². The van der Waals surface area contributed by atoms with E-state index in [1.54, 1.807) is 13.2 Å². The molecular weight excluding hydrogens is 399 g/mol. The average molecular weight is 425 g/mol. The van der Waals surface area contributed by atoms with E-state index in [0.717, 1.165) is 48.0 Å². The van der Waals surface area contributed by atoms with Crippen LogP contribution < -0.4 is 4.74 Å². The topological polar surface area (TPSA) is 15.7 Å². The third-order valence-electron chi connectivity index (χ3n) is 5.66. The van der Waals surface area contributed by atoms with Crippen LogP contribution in [0.3, 0.4) is 0 Å². The zero-order chi connectivity index (χ0) is 20.9. The van der Waals surface area contributed by atoms with Crippen LogP contribution in [-0.2, 0) is 13.1 Å². The second-order valence-corrected chi connectivity index (χ2v) is 8.00. The van der Waals surface area contributed by atoms with Crippen molar-refractivity contribution in [2.45, 2.75) is 25.7 Å². The molecule has 0 unspecified atom stereocenters. The summed E-state index contributed by atoms with van der Waals surface area (Å²) in [6.07, 6.45) is 0.968. The van der Waals surface area contributed by atoms with Crippen LogP contribution in [0.4, 0.5) is 4.39 Å². The van der Waals surface area contributed by atoms with Crippen molar-refractivity contribution in [2.24, 2.45) is 0 Å². The Kier molecular flexibility index (Phi) is 6.68. The van der Waals surface area contributed by atoms with Crippen molar-refractivity contribution in [1.82, 2.24) is 9.80 Å². The third-order valence-corrected chi connectivity index (χ3v) is 6.03. The molecule has 3 nitrogen and oxygen atoms in total. The lowest BCUT2D eigenvalue weighted by Gasteiger charge is -2.44. The fourth-order valence-corrected chi connectivity index (χ4v) is 4.44. The van der Waals surface area contributed by atoms with E-state index in [4.69, 9.17) is 16.3 Å². The molecule has 0 N–H and O–H groups in total. The molecule has 0 aliphatic carbocycles. The van der Waals surface area contributed by atoms with E-state index in [9.17, 15) is 4.39 Å². The van der Waals surface area contributed by atoms with Crippen LogP contribution in [0.25, 0.3) is 0 Å². The SMILES string of the molecule is COc1ccccc1[C@@H]1N(Cc2ccccc2F)CCCN1Cc1ccccc1Cl. The smallest absolute Gasteiger partial charge is 0.127 e. The van der Waals surface area contributed by atoms with E-state index in [-0.39, 0.29) is 12.0 Å². The highest BCUT2D eigenvalue weighted by molar-refractivity contribution is 6.31. The van der Waals surface area contributed by atoms with E-state index in [1.165, 1.54) is 6.07 Å². The molecule has 5 heteroatoms.